The monoisotopic (exact) mass is 270 g/mol. The van der Waals surface area contributed by atoms with Gasteiger partial charge < -0.3 is 10.1 Å². The third kappa shape index (κ3) is 3.67. The van der Waals surface area contributed by atoms with Gasteiger partial charge in [0.2, 0.25) is 5.82 Å². The molecule has 1 rings (SSSR count). The standard InChI is InChI=1S/C11H18N4O4/c1-4-6-8-10(15(17)18)11(14(3)13-8)12-7-9(16)19-5-2/h12H,4-7H2,1-3H3. The van der Waals surface area contributed by atoms with Crippen molar-refractivity contribution in [3.8, 4) is 0 Å². The Labute approximate surface area is 110 Å². The van der Waals surface area contributed by atoms with Gasteiger partial charge in [-0.15, -0.1) is 0 Å². The van der Waals surface area contributed by atoms with E-state index in [1.165, 1.54) is 4.68 Å². The van der Waals surface area contributed by atoms with Gasteiger partial charge in [0.05, 0.1) is 11.5 Å². The van der Waals surface area contributed by atoms with Crippen LogP contribution in [-0.2, 0) is 23.0 Å². The third-order valence-corrected chi connectivity index (χ3v) is 2.47. The van der Waals surface area contributed by atoms with E-state index in [0.29, 0.717) is 12.1 Å². The molecule has 0 aromatic carbocycles. The number of nitrogens with one attached hydrogen (secondary N) is 1. The molecule has 0 fully saturated rings. The van der Waals surface area contributed by atoms with Crippen LogP contribution in [0.1, 0.15) is 26.0 Å². The topological polar surface area (TPSA) is 99.3 Å². The normalized spacial score (nSPS) is 10.3. The number of hydrogen-bond donors (Lipinski definition) is 1. The van der Waals surface area contributed by atoms with Crippen LogP contribution in [0.5, 0.6) is 0 Å². The predicted molar refractivity (Wildman–Crippen MR) is 69.0 cm³/mol. The number of nitro groups is 1. The Kier molecular flexibility index (Phi) is 5.28. The maximum atomic E-state index is 11.3. The van der Waals surface area contributed by atoms with Crippen LogP contribution in [0.3, 0.4) is 0 Å². The van der Waals surface area contributed by atoms with Gasteiger partial charge in [-0.3, -0.25) is 14.9 Å². The van der Waals surface area contributed by atoms with Crippen molar-refractivity contribution < 1.29 is 14.5 Å². The number of carbonyl (C=O) groups is 1. The zero-order valence-corrected chi connectivity index (χ0v) is 11.3. The predicted octanol–water partition coefficient (Wildman–Crippen LogP) is 1.26. The molecule has 106 valence electrons. The quantitative estimate of drug-likeness (QED) is 0.455. The Balaban J connectivity index is 2.92. The van der Waals surface area contributed by atoms with Gasteiger partial charge in [-0.1, -0.05) is 13.3 Å². The minimum Gasteiger partial charge on any atom is -0.465 e. The Morgan fingerprint density at radius 1 is 1.53 bits per heavy atom. The molecular formula is C11H18N4O4. The summed E-state index contributed by atoms with van der Waals surface area (Å²) in [5.74, 6) is -0.239. The summed E-state index contributed by atoms with van der Waals surface area (Å²) in [4.78, 5) is 21.9. The number of aryl methyl sites for hydroxylation is 2. The fourth-order valence-electron chi connectivity index (χ4n) is 1.73. The second-order valence-electron chi connectivity index (χ2n) is 3.93. The van der Waals surface area contributed by atoms with Crippen LogP contribution in [0.4, 0.5) is 11.5 Å². The third-order valence-electron chi connectivity index (χ3n) is 2.47. The van der Waals surface area contributed by atoms with E-state index < -0.39 is 10.9 Å². The highest BCUT2D eigenvalue weighted by Gasteiger charge is 2.26. The molecule has 0 saturated carbocycles. The molecule has 1 heterocycles. The molecule has 19 heavy (non-hydrogen) atoms. The van der Waals surface area contributed by atoms with Crippen molar-refractivity contribution in [2.75, 3.05) is 18.5 Å². The van der Waals surface area contributed by atoms with Gasteiger partial charge in [0, 0.05) is 7.05 Å². The molecule has 1 aromatic rings. The zero-order valence-electron chi connectivity index (χ0n) is 11.3. The van der Waals surface area contributed by atoms with E-state index in [4.69, 9.17) is 4.74 Å². The fraction of sp³-hybridized carbons (Fsp3) is 0.636. The van der Waals surface area contributed by atoms with Crippen LogP contribution >= 0.6 is 0 Å². The first-order valence-corrected chi connectivity index (χ1v) is 6.10. The first-order chi connectivity index (χ1) is 9.01. The molecule has 0 radical (unpaired) electrons. The second kappa shape index (κ2) is 6.72. The van der Waals surface area contributed by atoms with E-state index in [0.717, 1.165) is 6.42 Å². The zero-order chi connectivity index (χ0) is 14.4. The van der Waals surface area contributed by atoms with Crippen molar-refractivity contribution in [2.24, 2.45) is 7.05 Å². The molecule has 0 amide bonds. The summed E-state index contributed by atoms with van der Waals surface area (Å²) in [5.41, 5.74) is 0.343. The van der Waals surface area contributed by atoms with E-state index in [1.807, 2.05) is 6.92 Å². The summed E-state index contributed by atoms with van der Waals surface area (Å²) in [6, 6.07) is 0. The Morgan fingerprint density at radius 2 is 2.21 bits per heavy atom. The maximum Gasteiger partial charge on any atom is 0.334 e. The molecule has 0 spiro atoms. The summed E-state index contributed by atoms with van der Waals surface area (Å²) in [5, 5.41) is 17.9. The Morgan fingerprint density at radius 3 is 2.74 bits per heavy atom. The summed E-state index contributed by atoms with van der Waals surface area (Å²) in [6.07, 6.45) is 1.28. The first kappa shape index (κ1) is 14.9. The summed E-state index contributed by atoms with van der Waals surface area (Å²) in [7, 11) is 1.60. The molecule has 0 unspecified atom stereocenters. The highest BCUT2D eigenvalue weighted by atomic mass is 16.6. The lowest BCUT2D eigenvalue weighted by Crippen LogP contribution is -2.18. The Hall–Kier alpha value is -2.12. The fourth-order valence-corrected chi connectivity index (χ4v) is 1.73. The van der Waals surface area contributed by atoms with Gasteiger partial charge in [0.25, 0.3) is 0 Å². The van der Waals surface area contributed by atoms with Crippen LogP contribution in [0.25, 0.3) is 0 Å². The van der Waals surface area contributed by atoms with Crippen molar-refractivity contribution in [2.45, 2.75) is 26.7 Å². The largest absolute Gasteiger partial charge is 0.465 e. The molecule has 0 aliphatic rings. The number of aromatic nitrogens is 2. The highest BCUT2D eigenvalue weighted by Crippen LogP contribution is 2.28. The molecule has 1 N–H and O–H groups in total. The highest BCUT2D eigenvalue weighted by molar-refractivity contribution is 5.76. The van der Waals surface area contributed by atoms with Crippen molar-refractivity contribution >= 4 is 17.5 Å². The molecule has 8 nitrogen and oxygen atoms in total. The molecule has 0 aliphatic carbocycles. The van der Waals surface area contributed by atoms with Gasteiger partial charge >= 0.3 is 11.7 Å². The number of ether oxygens (including phenoxy) is 1. The van der Waals surface area contributed by atoms with Crippen molar-refractivity contribution in [1.82, 2.24) is 9.78 Å². The Bertz CT molecular complexity index is 470. The minimum atomic E-state index is -0.481. The SMILES string of the molecule is CCCc1nn(C)c(NCC(=O)OCC)c1[N+](=O)[O-]. The molecule has 8 heteroatoms. The number of carbonyl (C=O) groups excluding carboxylic acids is 1. The molecule has 0 atom stereocenters. The minimum absolute atomic E-state index is 0.0753. The summed E-state index contributed by atoms with van der Waals surface area (Å²) in [6.45, 7) is 3.77. The maximum absolute atomic E-state index is 11.3. The van der Waals surface area contributed by atoms with Gasteiger partial charge in [0.15, 0.2) is 0 Å². The van der Waals surface area contributed by atoms with E-state index >= 15 is 0 Å². The first-order valence-electron chi connectivity index (χ1n) is 6.10. The smallest absolute Gasteiger partial charge is 0.334 e. The number of rotatable bonds is 7. The van der Waals surface area contributed by atoms with Crippen LogP contribution in [0.2, 0.25) is 0 Å². The lowest BCUT2D eigenvalue weighted by atomic mass is 10.2. The summed E-state index contributed by atoms with van der Waals surface area (Å²) < 4.78 is 6.13. The molecule has 0 bridgehead atoms. The van der Waals surface area contributed by atoms with E-state index in [-0.39, 0.29) is 24.7 Å². The number of anilines is 1. The van der Waals surface area contributed by atoms with Gasteiger partial charge in [-0.05, 0) is 13.3 Å². The van der Waals surface area contributed by atoms with Crippen LogP contribution < -0.4 is 5.32 Å². The average molecular weight is 270 g/mol. The van der Waals surface area contributed by atoms with Crippen LogP contribution in [0.15, 0.2) is 0 Å². The number of nitrogens with zero attached hydrogens (tertiary/aromatic N) is 3. The summed E-state index contributed by atoms with van der Waals surface area (Å²) >= 11 is 0. The average Bonchev–Trinajstić information content (AvgIpc) is 2.64. The molecular weight excluding hydrogens is 252 g/mol. The van der Waals surface area contributed by atoms with E-state index in [9.17, 15) is 14.9 Å². The van der Waals surface area contributed by atoms with Crippen molar-refractivity contribution in [3.05, 3.63) is 15.8 Å². The van der Waals surface area contributed by atoms with Crippen LogP contribution in [0, 0.1) is 10.1 Å². The van der Waals surface area contributed by atoms with Crippen molar-refractivity contribution in [1.29, 1.82) is 0 Å². The molecule has 1 aromatic heterocycles. The van der Waals surface area contributed by atoms with Gasteiger partial charge in [-0.25, -0.2) is 4.68 Å². The lowest BCUT2D eigenvalue weighted by Gasteiger charge is -2.05. The number of esters is 1. The van der Waals surface area contributed by atoms with E-state index in [2.05, 4.69) is 10.4 Å². The van der Waals surface area contributed by atoms with Crippen molar-refractivity contribution in [3.63, 3.8) is 0 Å². The number of hydrogen-bond acceptors (Lipinski definition) is 6. The second-order valence-corrected chi connectivity index (χ2v) is 3.93. The van der Waals surface area contributed by atoms with E-state index in [1.54, 1.807) is 14.0 Å². The molecule has 0 saturated heterocycles. The van der Waals surface area contributed by atoms with Crippen LogP contribution in [-0.4, -0.2) is 33.8 Å². The lowest BCUT2D eigenvalue weighted by molar-refractivity contribution is -0.384. The van der Waals surface area contributed by atoms with Gasteiger partial charge in [-0.2, -0.15) is 5.10 Å². The van der Waals surface area contributed by atoms with Gasteiger partial charge in [0.1, 0.15) is 12.2 Å². The molecule has 0 aliphatic heterocycles.